The summed E-state index contributed by atoms with van der Waals surface area (Å²) in [6, 6.07) is 14.1. The first-order chi connectivity index (χ1) is 14.9. The molecule has 0 aliphatic heterocycles. The highest BCUT2D eigenvalue weighted by Gasteiger charge is 2.20. The van der Waals surface area contributed by atoms with Gasteiger partial charge in [0.1, 0.15) is 0 Å². The molecule has 0 bridgehead atoms. The molecule has 0 saturated heterocycles. The largest absolute Gasteiger partial charge is 0.255 e. The number of thiophene rings is 1. The van der Waals surface area contributed by atoms with Crippen LogP contribution in [-0.4, -0.2) is 4.98 Å². The summed E-state index contributed by atoms with van der Waals surface area (Å²) in [6.45, 7) is 2.95. The van der Waals surface area contributed by atoms with Gasteiger partial charge < -0.3 is 0 Å². The summed E-state index contributed by atoms with van der Waals surface area (Å²) in [4.78, 5) is 4.65. The standard InChI is InChI=1S/C25H23NS/c1-15-14-26-23-19-8-6-5-7-17(19)18-10-9-16-11-12-27-24(16)22(18)21(23)20(15)13-25(2,3)4/h5-12,14H,13H2,1-4H3/i1D3,13D2. The fourth-order valence-electron chi connectivity index (χ4n) is 3.89. The summed E-state index contributed by atoms with van der Waals surface area (Å²) in [7, 11) is 0. The van der Waals surface area contributed by atoms with E-state index in [1.54, 1.807) is 11.3 Å². The number of aryl methyl sites for hydroxylation is 1. The molecule has 27 heavy (non-hydrogen) atoms. The molecule has 0 N–H and O–H groups in total. The fourth-order valence-corrected chi connectivity index (χ4v) is 4.85. The van der Waals surface area contributed by atoms with Crippen molar-refractivity contribution in [3.63, 3.8) is 0 Å². The number of pyridine rings is 1. The van der Waals surface area contributed by atoms with Crippen molar-refractivity contribution in [3.8, 4) is 0 Å². The van der Waals surface area contributed by atoms with Crippen molar-refractivity contribution < 1.29 is 6.85 Å². The molecule has 1 nitrogen and oxygen atoms in total. The topological polar surface area (TPSA) is 12.9 Å². The molecular weight excluding hydrogens is 346 g/mol. The molecule has 5 rings (SSSR count). The average Bonchev–Trinajstić information content (AvgIpc) is 3.20. The van der Waals surface area contributed by atoms with Gasteiger partial charge in [-0.05, 0) is 57.4 Å². The van der Waals surface area contributed by atoms with Gasteiger partial charge in [0, 0.05) is 33.9 Å². The second-order valence-electron chi connectivity index (χ2n) is 8.02. The van der Waals surface area contributed by atoms with Gasteiger partial charge in [-0.1, -0.05) is 57.2 Å². The van der Waals surface area contributed by atoms with Gasteiger partial charge in [0.05, 0.1) is 5.52 Å². The Morgan fingerprint density at radius 1 is 1.00 bits per heavy atom. The predicted octanol–water partition coefficient (Wildman–Crippen LogP) is 7.65. The molecule has 0 unspecified atom stereocenters. The van der Waals surface area contributed by atoms with E-state index in [1.807, 2.05) is 56.5 Å². The second-order valence-corrected chi connectivity index (χ2v) is 8.93. The van der Waals surface area contributed by atoms with Crippen LogP contribution < -0.4 is 0 Å². The molecule has 2 heterocycles. The molecule has 134 valence electrons. The molecule has 2 heteroatoms. The number of hydrogen-bond donors (Lipinski definition) is 0. The normalized spacial score (nSPS) is 16.3. The van der Waals surface area contributed by atoms with Crippen LogP contribution in [0.2, 0.25) is 0 Å². The molecule has 5 aromatic rings. The zero-order valence-electron chi connectivity index (χ0n) is 20.6. The van der Waals surface area contributed by atoms with E-state index in [0.717, 1.165) is 31.6 Å². The van der Waals surface area contributed by atoms with Gasteiger partial charge in [-0.15, -0.1) is 11.3 Å². The predicted molar refractivity (Wildman–Crippen MR) is 120 cm³/mol. The van der Waals surface area contributed by atoms with Gasteiger partial charge in [0.15, 0.2) is 0 Å². The average molecular weight is 375 g/mol. The third-order valence-electron chi connectivity index (χ3n) is 4.92. The molecule has 2 aromatic heterocycles. The van der Waals surface area contributed by atoms with Gasteiger partial charge in [-0.25, -0.2) is 0 Å². The fraction of sp³-hybridized carbons (Fsp3) is 0.240. The van der Waals surface area contributed by atoms with Crippen molar-refractivity contribution in [3.05, 3.63) is 65.2 Å². The van der Waals surface area contributed by atoms with Crippen LogP contribution in [0, 0.1) is 12.3 Å². The number of aromatic nitrogens is 1. The molecule has 0 aliphatic rings. The van der Waals surface area contributed by atoms with E-state index in [4.69, 9.17) is 6.85 Å². The zero-order chi connectivity index (χ0) is 23.1. The third kappa shape index (κ3) is 2.55. The number of hydrogen-bond acceptors (Lipinski definition) is 2. The number of benzene rings is 3. The molecule has 0 atom stereocenters. The molecule has 0 saturated carbocycles. The SMILES string of the molecule is [2H]C([2H])([2H])c1cnc2c3ccccc3c3ccc4ccsc4c3c2c1C([2H])([2H])C(C)(C)C. The highest BCUT2D eigenvalue weighted by Crippen LogP contribution is 2.42. The lowest BCUT2D eigenvalue weighted by Crippen LogP contribution is -2.11. The Morgan fingerprint density at radius 3 is 2.59 bits per heavy atom. The quantitative estimate of drug-likeness (QED) is 0.274. The van der Waals surface area contributed by atoms with Crippen molar-refractivity contribution in [2.45, 2.75) is 34.0 Å². The van der Waals surface area contributed by atoms with Crippen LogP contribution in [-0.2, 0) is 6.37 Å². The summed E-state index contributed by atoms with van der Waals surface area (Å²) in [6.07, 6.45) is -0.548. The van der Waals surface area contributed by atoms with Crippen LogP contribution in [0.5, 0.6) is 0 Å². The lowest BCUT2D eigenvalue weighted by Gasteiger charge is -2.22. The molecular formula is C25H23NS. The summed E-state index contributed by atoms with van der Waals surface area (Å²) in [5.41, 5.74) is 0.0228. The first-order valence-corrected chi connectivity index (χ1v) is 9.95. The monoisotopic (exact) mass is 374 g/mol. The summed E-state index contributed by atoms with van der Waals surface area (Å²) < 4.78 is 44.0. The van der Waals surface area contributed by atoms with Gasteiger partial charge in [0.25, 0.3) is 0 Å². The summed E-state index contributed by atoms with van der Waals surface area (Å²) >= 11 is 1.59. The van der Waals surface area contributed by atoms with Crippen molar-refractivity contribution >= 4 is 53.9 Å². The van der Waals surface area contributed by atoms with Gasteiger partial charge in [-0.2, -0.15) is 0 Å². The van der Waals surface area contributed by atoms with Gasteiger partial charge >= 0.3 is 0 Å². The highest BCUT2D eigenvalue weighted by molar-refractivity contribution is 7.18. The Kier molecular flexibility index (Phi) is 2.59. The highest BCUT2D eigenvalue weighted by atomic mass is 32.1. The smallest absolute Gasteiger partial charge is 0.0790 e. The van der Waals surface area contributed by atoms with Crippen LogP contribution in [0.15, 0.2) is 54.0 Å². The first kappa shape index (κ1) is 12.1. The van der Waals surface area contributed by atoms with E-state index in [2.05, 4.69) is 17.1 Å². The Bertz CT molecular complexity index is 1520. The van der Waals surface area contributed by atoms with E-state index in [1.165, 1.54) is 6.20 Å². The second kappa shape index (κ2) is 5.77. The maximum absolute atomic E-state index is 9.17. The molecule has 0 radical (unpaired) electrons. The van der Waals surface area contributed by atoms with E-state index in [9.17, 15) is 0 Å². The van der Waals surface area contributed by atoms with Crippen molar-refractivity contribution in [1.29, 1.82) is 0 Å². The van der Waals surface area contributed by atoms with E-state index >= 15 is 0 Å². The number of nitrogens with zero attached hydrogens (tertiary/aromatic N) is 1. The van der Waals surface area contributed by atoms with E-state index < -0.39 is 18.6 Å². The van der Waals surface area contributed by atoms with Crippen LogP contribution in [0.4, 0.5) is 0 Å². The molecule has 0 aliphatic carbocycles. The first-order valence-electron chi connectivity index (χ1n) is 11.6. The maximum Gasteiger partial charge on any atom is 0.0790 e. The van der Waals surface area contributed by atoms with Gasteiger partial charge in [0.2, 0.25) is 0 Å². The number of rotatable bonds is 1. The Hall–Kier alpha value is -2.45. The van der Waals surface area contributed by atoms with Crippen LogP contribution in [0.3, 0.4) is 0 Å². The Balaban J connectivity index is 2.19. The Labute approximate surface area is 170 Å². The van der Waals surface area contributed by atoms with E-state index in [0.29, 0.717) is 10.9 Å². The Morgan fingerprint density at radius 2 is 1.81 bits per heavy atom. The van der Waals surface area contributed by atoms with Crippen LogP contribution in [0.1, 0.15) is 38.8 Å². The maximum atomic E-state index is 9.17. The van der Waals surface area contributed by atoms with E-state index in [-0.39, 0.29) is 11.1 Å². The third-order valence-corrected chi connectivity index (χ3v) is 5.87. The summed E-state index contributed by atoms with van der Waals surface area (Å²) in [5, 5.41) is 7.48. The summed E-state index contributed by atoms with van der Waals surface area (Å²) in [5.74, 6) is 0. The lowest BCUT2D eigenvalue weighted by molar-refractivity contribution is 0.412. The molecule has 0 spiro atoms. The lowest BCUT2D eigenvalue weighted by atomic mass is 9.83. The van der Waals surface area contributed by atoms with Crippen molar-refractivity contribution in [1.82, 2.24) is 4.98 Å². The van der Waals surface area contributed by atoms with Crippen molar-refractivity contribution in [2.24, 2.45) is 5.41 Å². The zero-order valence-corrected chi connectivity index (χ0v) is 16.4. The van der Waals surface area contributed by atoms with Crippen LogP contribution >= 0.6 is 11.3 Å². The minimum Gasteiger partial charge on any atom is -0.255 e. The molecule has 0 amide bonds. The van der Waals surface area contributed by atoms with Crippen LogP contribution in [0.25, 0.3) is 42.5 Å². The van der Waals surface area contributed by atoms with Crippen molar-refractivity contribution in [2.75, 3.05) is 0 Å². The minimum absolute atomic E-state index is 0.0185. The molecule has 3 aromatic carbocycles. The van der Waals surface area contributed by atoms with Gasteiger partial charge in [-0.3, -0.25) is 4.98 Å². The molecule has 0 fully saturated rings. The minimum atomic E-state index is -2.49. The number of fused-ring (bicyclic) bond motifs is 8.